The quantitative estimate of drug-likeness (QED) is 0.661. The fourth-order valence-electron chi connectivity index (χ4n) is 4.93. The number of hydrogen-bond donors (Lipinski definition) is 1. The van der Waals surface area contributed by atoms with Gasteiger partial charge in [-0.15, -0.1) is 0 Å². The van der Waals surface area contributed by atoms with Crippen molar-refractivity contribution < 1.29 is 9.59 Å². The molecule has 2 heterocycles. The van der Waals surface area contributed by atoms with E-state index in [-0.39, 0.29) is 17.7 Å². The number of rotatable bonds is 7. The van der Waals surface area contributed by atoms with Crippen molar-refractivity contribution in [3.8, 4) is 0 Å². The maximum absolute atomic E-state index is 12.6. The van der Waals surface area contributed by atoms with Gasteiger partial charge in [-0.05, 0) is 62.4 Å². The van der Waals surface area contributed by atoms with E-state index in [1.54, 1.807) is 6.08 Å². The molecule has 0 unspecified atom stereocenters. The van der Waals surface area contributed by atoms with Crippen LogP contribution in [-0.4, -0.2) is 60.4 Å². The molecule has 0 spiro atoms. The zero-order valence-electron chi connectivity index (χ0n) is 19.4. The normalized spacial score (nSPS) is 18.5. The molecule has 2 fully saturated rings. The third-order valence-corrected chi connectivity index (χ3v) is 6.97. The first-order valence-electron chi connectivity index (χ1n) is 12.3. The maximum Gasteiger partial charge on any atom is 0.246 e. The second-order valence-corrected chi connectivity index (χ2v) is 9.14. The first kappa shape index (κ1) is 23.2. The number of nitrogens with zero attached hydrogens (tertiary/aromatic N) is 2. The Bertz CT molecular complexity index is 913. The lowest BCUT2D eigenvalue weighted by molar-refractivity contribution is -0.129. The largest absolute Gasteiger partial charge is 0.356 e. The van der Waals surface area contributed by atoms with Crippen molar-refractivity contribution in [2.24, 2.45) is 5.92 Å². The SMILES string of the molecule is O=C(NCCc1ccccc1)C1CCN(C2CCN(C(=O)/C=C/c3ccccc3)CC2)CC1. The van der Waals surface area contributed by atoms with Gasteiger partial charge in [0.25, 0.3) is 0 Å². The maximum atomic E-state index is 12.6. The van der Waals surface area contributed by atoms with Crippen LogP contribution < -0.4 is 5.32 Å². The van der Waals surface area contributed by atoms with E-state index in [0.717, 1.165) is 63.8 Å². The van der Waals surface area contributed by atoms with Gasteiger partial charge in [0.2, 0.25) is 11.8 Å². The van der Waals surface area contributed by atoms with Gasteiger partial charge in [0.1, 0.15) is 0 Å². The number of piperidine rings is 2. The first-order chi connectivity index (χ1) is 16.2. The van der Waals surface area contributed by atoms with Gasteiger partial charge in [0.05, 0.1) is 0 Å². The van der Waals surface area contributed by atoms with E-state index in [2.05, 4.69) is 22.3 Å². The number of carbonyl (C=O) groups excluding carboxylic acids is 2. The molecule has 5 nitrogen and oxygen atoms in total. The van der Waals surface area contributed by atoms with Crippen LogP contribution in [-0.2, 0) is 16.0 Å². The second-order valence-electron chi connectivity index (χ2n) is 9.14. The first-order valence-corrected chi connectivity index (χ1v) is 12.3. The molecule has 0 bridgehead atoms. The monoisotopic (exact) mass is 445 g/mol. The highest BCUT2D eigenvalue weighted by molar-refractivity contribution is 5.91. The highest BCUT2D eigenvalue weighted by Crippen LogP contribution is 2.24. The second kappa shape index (κ2) is 11.8. The Balaban J connectivity index is 1.14. The molecule has 2 amide bonds. The van der Waals surface area contributed by atoms with Crippen LogP contribution in [0.25, 0.3) is 6.08 Å². The molecule has 2 aliphatic heterocycles. The Morgan fingerprint density at radius 1 is 0.848 bits per heavy atom. The van der Waals surface area contributed by atoms with Crippen LogP contribution in [0.3, 0.4) is 0 Å². The van der Waals surface area contributed by atoms with Crippen LogP contribution >= 0.6 is 0 Å². The Labute approximate surface area is 197 Å². The lowest BCUT2D eigenvalue weighted by Crippen LogP contribution is -2.50. The van der Waals surface area contributed by atoms with Crippen molar-refractivity contribution in [3.63, 3.8) is 0 Å². The Morgan fingerprint density at radius 2 is 1.48 bits per heavy atom. The number of benzene rings is 2. The molecular formula is C28H35N3O2. The predicted molar refractivity (Wildman–Crippen MR) is 133 cm³/mol. The average Bonchev–Trinajstić information content (AvgIpc) is 2.88. The van der Waals surface area contributed by atoms with E-state index in [0.29, 0.717) is 12.6 Å². The summed E-state index contributed by atoms with van der Waals surface area (Å²) >= 11 is 0. The Morgan fingerprint density at radius 3 is 2.15 bits per heavy atom. The standard InChI is InChI=1S/C28H35N3O2/c32-27(12-11-23-7-3-1-4-8-23)31-21-16-26(17-22-31)30-19-14-25(15-20-30)28(33)29-18-13-24-9-5-2-6-10-24/h1-12,25-26H,13-22H2,(H,29,33)/b12-11+. The minimum Gasteiger partial charge on any atom is -0.356 e. The van der Waals surface area contributed by atoms with Crippen LogP contribution in [0.15, 0.2) is 66.7 Å². The molecule has 1 N–H and O–H groups in total. The third-order valence-electron chi connectivity index (χ3n) is 6.97. The van der Waals surface area contributed by atoms with E-state index in [9.17, 15) is 9.59 Å². The smallest absolute Gasteiger partial charge is 0.246 e. The summed E-state index contributed by atoms with van der Waals surface area (Å²) in [5, 5.41) is 3.13. The zero-order chi connectivity index (χ0) is 22.9. The topological polar surface area (TPSA) is 52.7 Å². The van der Waals surface area contributed by atoms with Gasteiger partial charge >= 0.3 is 0 Å². The minimum atomic E-state index is 0.100. The average molecular weight is 446 g/mol. The number of hydrogen-bond acceptors (Lipinski definition) is 3. The lowest BCUT2D eigenvalue weighted by atomic mass is 9.92. The van der Waals surface area contributed by atoms with Crippen molar-refractivity contribution in [2.45, 2.75) is 38.1 Å². The van der Waals surface area contributed by atoms with Gasteiger partial charge in [-0.3, -0.25) is 9.59 Å². The number of likely N-dealkylation sites (tertiary alicyclic amines) is 2. The van der Waals surface area contributed by atoms with Gasteiger partial charge in [-0.1, -0.05) is 60.7 Å². The molecule has 2 aromatic rings. The molecule has 5 heteroatoms. The summed E-state index contributed by atoms with van der Waals surface area (Å²) in [6.45, 7) is 4.27. The summed E-state index contributed by atoms with van der Waals surface area (Å²) in [5.41, 5.74) is 2.31. The van der Waals surface area contributed by atoms with Crippen molar-refractivity contribution in [2.75, 3.05) is 32.7 Å². The highest BCUT2D eigenvalue weighted by Gasteiger charge is 2.31. The van der Waals surface area contributed by atoms with Gasteiger partial charge in [-0.2, -0.15) is 0 Å². The van der Waals surface area contributed by atoms with E-state index in [1.165, 1.54) is 5.56 Å². The molecule has 2 saturated heterocycles. The van der Waals surface area contributed by atoms with Crippen molar-refractivity contribution in [1.29, 1.82) is 0 Å². The van der Waals surface area contributed by atoms with E-state index in [4.69, 9.17) is 0 Å². The summed E-state index contributed by atoms with van der Waals surface area (Å²) in [6.07, 6.45) is 8.34. The summed E-state index contributed by atoms with van der Waals surface area (Å²) < 4.78 is 0. The van der Waals surface area contributed by atoms with Crippen molar-refractivity contribution in [1.82, 2.24) is 15.1 Å². The summed E-state index contributed by atoms with van der Waals surface area (Å²) in [6, 6.07) is 20.8. The number of carbonyl (C=O) groups is 2. The number of amides is 2. The van der Waals surface area contributed by atoms with Gasteiger partial charge < -0.3 is 15.1 Å². The molecule has 0 saturated carbocycles. The van der Waals surface area contributed by atoms with E-state index in [1.807, 2.05) is 59.5 Å². The summed E-state index contributed by atoms with van der Waals surface area (Å²) in [4.78, 5) is 29.6. The minimum absolute atomic E-state index is 0.100. The molecule has 2 aromatic carbocycles. The summed E-state index contributed by atoms with van der Waals surface area (Å²) in [7, 11) is 0. The van der Waals surface area contributed by atoms with Gasteiger partial charge in [0, 0.05) is 37.7 Å². The lowest BCUT2D eigenvalue weighted by Gasteiger charge is -2.41. The molecule has 0 aliphatic carbocycles. The Kier molecular flexibility index (Phi) is 8.31. The van der Waals surface area contributed by atoms with E-state index >= 15 is 0 Å². The summed E-state index contributed by atoms with van der Waals surface area (Å²) in [5.74, 6) is 0.432. The fraction of sp³-hybridized carbons (Fsp3) is 0.429. The molecule has 33 heavy (non-hydrogen) atoms. The van der Waals surface area contributed by atoms with Gasteiger partial charge in [-0.25, -0.2) is 0 Å². The molecule has 4 rings (SSSR count). The van der Waals surface area contributed by atoms with Gasteiger partial charge in [0.15, 0.2) is 0 Å². The van der Waals surface area contributed by atoms with Crippen LogP contribution in [0.2, 0.25) is 0 Å². The van der Waals surface area contributed by atoms with Crippen molar-refractivity contribution in [3.05, 3.63) is 77.9 Å². The fourth-order valence-corrected chi connectivity index (χ4v) is 4.93. The van der Waals surface area contributed by atoms with Crippen LogP contribution in [0.4, 0.5) is 0 Å². The Hall–Kier alpha value is -2.92. The van der Waals surface area contributed by atoms with Crippen LogP contribution in [0.1, 0.15) is 36.8 Å². The predicted octanol–water partition coefficient (Wildman–Crippen LogP) is 3.76. The molecular weight excluding hydrogens is 410 g/mol. The van der Waals surface area contributed by atoms with Crippen LogP contribution in [0, 0.1) is 5.92 Å². The highest BCUT2D eigenvalue weighted by atomic mass is 16.2. The van der Waals surface area contributed by atoms with Crippen molar-refractivity contribution >= 4 is 17.9 Å². The molecule has 0 radical (unpaired) electrons. The third kappa shape index (κ3) is 6.78. The molecule has 0 atom stereocenters. The number of nitrogens with one attached hydrogen (secondary N) is 1. The molecule has 0 aromatic heterocycles. The molecule has 2 aliphatic rings. The van der Waals surface area contributed by atoms with Crippen LogP contribution in [0.5, 0.6) is 0 Å². The van der Waals surface area contributed by atoms with E-state index < -0.39 is 0 Å². The zero-order valence-corrected chi connectivity index (χ0v) is 19.4. The molecule has 174 valence electrons.